The van der Waals surface area contributed by atoms with Crippen LogP contribution < -0.4 is 5.32 Å². The van der Waals surface area contributed by atoms with Crippen molar-refractivity contribution < 1.29 is 23.5 Å². The molecule has 0 saturated carbocycles. The molecule has 1 amide bonds. The normalized spacial score (nSPS) is 15.0. The molecule has 0 spiro atoms. The van der Waals surface area contributed by atoms with E-state index in [0.29, 0.717) is 6.42 Å². The molecule has 0 saturated heterocycles. The summed E-state index contributed by atoms with van der Waals surface area (Å²) in [5.41, 5.74) is 0.876. The molecule has 0 aromatic heterocycles. The molecule has 2 atom stereocenters. The first-order valence-electron chi connectivity index (χ1n) is 6.87. The van der Waals surface area contributed by atoms with Crippen LogP contribution in [0.2, 0.25) is 0 Å². The first kappa shape index (κ1) is 17.7. The molecule has 2 N–H and O–H groups in total. The molecule has 21 heavy (non-hydrogen) atoms. The molecule has 0 aliphatic rings. The maximum absolute atomic E-state index is 11.7. The fourth-order valence-electron chi connectivity index (χ4n) is 1.48. The molecule has 0 heterocycles. The second-order valence-electron chi connectivity index (χ2n) is 4.67. The van der Waals surface area contributed by atoms with Crippen LogP contribution in [-0.2, 0) is 20.4 Å². The minimum absolute atomic E-state index is 0.0256. The number of ether oxygens (including phenoxy) is 1. The van der Waals surface area contributed by atoms with E-state index in [4.69, 9.17) is 9.26 Å². The Labute approximate surface area is 125 Å². The summed E-state index contributed by atoms with van der Waals surface area (Å²) < 4.78 is 21.7. The van der Waals surface area contributed by atoms with E-state index in [-0.39, 0.29) is 25.4 Å². The molecule has 2 unspecified atom stereocenters. The van der Waals surface area contributed by atoms with Gasteiger partial charge in [0.15, 0.2) is 0 Å². The van der Waals surface area contributed by atoms with Crippen molar-refractivity contribution >= 4 is 13.7 Å². The van der Waals surface area contributed by atoms with E-state index in [1.807, 2.05) is 37.3 Å². The Morgan fingerprint density at radius 1 is 1.38 bits per heavy atom. The topological polar surface area (TPSA) is 84.9 Å². The molecule has 118 valence electrons. The van der Waals surface area contributed by atoms with Crippen LogP contribution in [0.3, 0.4) is 0 Å². The number of carbonyl (C=O) groups excluding carboxylic acids is 1. The van der Waals surface area contributed by atoms with Crippen LogP contribution in [0, 0.1) is 0 Å². The largest absolute Gasteiger partial charge is 0.445 e. The van der Waals surface area contributed by atoms with E-state index in [1.165, 1.54) is 0 Å². The predicted octanol–water partition coefficient (Wildman–Crippen LogP) is 2.91. The second-order valence-corrected chi connectivity index (χ2v) is 6.61. The van der Waals surface area contributed by atoms with Gasteiger partial charge in [-0.05, 0) is 18.9 Å². The predicted molar refractivity (Wildman–Crippen MR) is 80.2 cm³/mol. The van der Waals surface area contributed by atoms with Gasteiger partial charge in [0.1, 0.15) is 6.61 Å². The van der Waals surface area contributed by atoms with E-state index in [1.54, 1.807) is 6.92 Å². The number of hydrogen-bond donors (Lipinski definition) is 2. The lowest BCUT2D eigenvalue weighted by molar-refractivity contribution is 0.140. The van der Waals surface area contributed by atoms with Crippen LogP contribution in [0.5, 0.6) is 0 Å². The summed E-state index contributed by atoms with van der Waals surface area (Å²) >= 11 is 0. The van der Waals surface area contributed by atoms with Gasteiger partial charge in [0, 0.05) is 6.54 Å². The zero-order valence-corrected chi connectivity index (χ0v) is 13.2. The van der Waals surface area contributed by atoms with Gasteiger partial charge in [0.2, 0.25) is 0 Å². The Morgan fingerprint density at radius 3 is 2.67 bits per heavy atom. The van der Waals surface area contributed by atoms with Gasteiger partial charge in [-0.3, -0.25) is 4.57 Å². The molecule has 1 rings (SSSR count). The van der Waals surface area contributed by atoms with Gasteiger partial charge >= 0.3 is 13.7 Å². The van der Waals surface area contributed by atoms with Gasteiger partial charge in [-0.25, -0.2) is 4.79 Å². The van der Waals surface area contributed by atoms with Crippen LogP contribution in [0.15, 0.2) is 30.3 Å². The van der Waals surface area contributed by atoms with Gasteiger partial charge in [-0.1, -0.05) is 37.3 Å². The Morgan fingerprint density at radius 2 is 2.05 bits per heavy atom. The number of hydrogen-bond acceptors (Lipinski definition) is 4. The van der Waals surface area contributed by atoms with Crippen molar-refractivity contribution in [3.05, 3.63) is 35.9 Å². The minimum Gasteiger partial charge on any atom is -0.445 e. The lowest BCUT2D eigenvalue weighted by atomic mass is 10.2. The highest BCUT2D eigenvalue weighted by Gasteiger charge is 2.22. The molecule has 0 aliphatic heterocycles. The molecule has 1 aromatic rings. The van der Waals surface area contributed by atoms with E-state index < -0.39 is 13.7 Å². The zero-order valence-electron chi connectivity index (χ0n) is 12.3. The molecular weight excluding hydrogens is 293 g/mol. The Hall–Kier alpha value is -1.36. The van der Waals surface area contributed by atoms with Crippen LogP contribution >= 0.6 is 7.60 Å². The van der Waals surface area contributed by atoms with Gasteiger partial charge in [0.05, 0.1) is 12.3 Å². The van der Waals surface area contributed by atoms with Gasteiger partial charge in [0.25, 0.3) is 0 Å². The smallest absolute Gasteiger partial charge is 0.407 e. The monoisotopic (exact) mass is 315 g/mol. The van der Waals surface area contributed by atoms with Crippen LogP contribution in [0.1, 0.15) is 25.8 Å². The van der Waals surface area contributed by atoms with Gasteiger partial charge < -0.3 is 19.5 Å². The first-order chi connectivity index (χ1) is 9.93. The van der Waals surface area contributed by atoms with Crippen molar-refractivity contribution in [2.24, 2.45) is 0 Å². The first-order valence-corrected chi connectivity index (χ1v) is 8.64. The fraction of sp³-hybridized carbons (Fsp3) is 0.500. The van der Waals surface area contributed by atoms with Crippen LogP contribution in [0.4, 0.5) is 4.79 Å². The Balaban J connectivity index is 2.23. The standard InChI is InChI=1S/C14H22NO5P/c1-3-12(2)20-21(17,18)10-9-15-14(16)19-11-13-7-5-4-6-8-13/h4-8,12H,3,9-11H2,1-2H3,(H,15,16)(H,17,18). The minimum atomic E-state index is -3.67. The summed E-state index contributed by atoms with van der Waals surface area (Å²) in [7, 11) is -3.67. The van der Waals surface area contributed by atoms with Crippen molar-refractivity contribution in [3.63, 3.8) is 0 Å². The number of carbonyl (C=O) groups is 1. The average Bonchev–Trinajstić information content (AvgIpc) is 2.45. The van der Waals surface area contributed by atoms with E-state index >= 15 is 0 Å². The van der Waals surface area contributed by atoms with Gasteiger partial charge in [-0.2, -0.15) is 0 Å². The molecule has 6 nitrogen and oxygen atoms in total. The van der Waals surface area contributed by atoms with Crippen molar-refractivity contribution in [1.29, 1.82) is 0 Å². The second kappa shape index (κ2) is 8.82. The summed E-state index contributed by atoms with van der Waals surface area (Å²) in [5.74, 6) is 0. The maximum Gasteiger partial charge on any atom is 0.407 e. The Bertz CT molecular complexity index is 480. The maximum atomic E-state index is 11.7. The number of rotatable bonds is 8. The molecule has 0 aliphatic carbocycles. The van der Waals surface area contributed by atoms with E-state index in [9.17, 15) is 14.3 Å². The lowest BCUT2D eigenvalue weighted by Gasteiger charge is -2.16. The molecular formula is C14H22NO5P. The average molecular weight is 315 g/mol. The van der Waals surface area contributed by atoms with E-state index in [0.717, 1.165) is 5.56 Å². The Kier molecular flexibility index (Phi) is 7.43. The third-order valence-corrected chi connectivity index (χ3v) is 4.27. The quantitative estimate of drug-likeness (QED) is 0.721. The molecule has 7 heteroatoms. The highest BCUT2D eigenvalue weighted by molar-refractivity contribution is 7.52. The molecule has 0 bridgehead atoms. The summed E-state index contributed by atoms with van der Waals surface area (Å²) in [4.78, 5) is 21.0. The highest BCUT2D eigenvalue weighted by Crippen LogP contribution is 2.42. The molecule has 0 radical (unpaired) electrons. The number of alkyl carbamates (subject to hydrolysis) is 1. The summed E-state index contributed by atoms with van der Waals surface area (Å²) in [6.07, 6.45) is -0.400. The summed E-state index contributed by atoms with van der Waals surface area (Å²) in [6, 6.07) is 9.26. The number of amides is 1. The fourth-order valence-corrected chi connectivity index (χ4v) is 2.69. The zero-order chi connectivity index (χ0) is 15.7. The molecule has 0 fully saturated rings. The third-order valence-electron chi connectivity index (χ3n) is 2.80. The van der Waals surface area contributed by atoms with Crippen molar-refractivity contribution in [2.75, 3.05) is 12.7 Å². The van der Waals surface area contributed by atoms with E-state index in [2.05, 4.69) is 5.32 Å². The lowest BCUT2D eigenvalue weighted by Crippen LogP contribution is -2.27. The van der Waals surface area contributed by atoms with Crippen LogP contribution in [-0.4, -0.2) is 29.8 Å². The van der Waals surface area contributed by atoms with Crippen LogP contribution in [0.25, 0.3) is 0 Å². The van der Waals surface area contributed by atoms with Crippen molar-refractivity contribution in [3.8, 4) is 0 Å². The van der Waals surface area contributed by atoms with Crippen molar-refractivity contribution in [2.45, 2.75) is 33.0 Å². The highest BCUT2D eigenvalue weighted by atomic mass is 31.2. The van der Waals surface area contributed by atoms with Crippen molar-refractivity contribution in [1.82, 2.24) is 5.32 Å². The SMILES string of the molecule is CCC(C)OP(=O)(O)CCNC(=O)OCc1ccccc1. The number of nitrogens with one attached hydrogen (secondary N) is 1. The van der Waals surface area contributed by atoms with Gasteiger partial charge in [-0.15, -0.1) is 0 Å². The molecule has 1 aromatic carbocycles. The third kappa shape index (κ3) is 7.85. The summed E-state index contributed by atoms with van der Waals surface area (Å²) in [5, 5.41) is 2.43. The summed E-state index contributed by atoms with van der Waals surface area (Å²) in [6.45, 7) is 3.78. The number of benzene rings is 1.